The van der Waals surface area contributed by atoms with Gasteiger partial charge in [-0.2, -0.15) is 5.10 Å². The van der Waals surface area contributed by atoms with Gasteiger partial charge < -0.3 is 10.5 Å². The number of aromatic amines is 1. The summed E-state index contributed by atoms with van der Waals surface area (Å²) in [4.78, 5) is 11.0. The number of hydrogen-bond acceptors (Lipinski definition) is 4. The number of carbonyl (C=O) groups is 1. The van der Waals surface area contributed by atoms with Crippen molar-refractivity contribution in [2.45, 2.75) is 12.3 Å². The largest absolute Gasteiger partial charge is 0.469 e. The molecule has 0 aromatic carbocycles. The van der Waals surface area contributed by atoms with Gasteiger partial charge in [-0.25, -0.2) is 0 Å². The van der Waals surface area contributed by atoms with E-state index in [1.54, 1.807) is 12.4 Å². The zero-order valence-electron chi connectivity index (χ0n) is 7.49. The second-order valence-corrected chi connectivity index (χ2v) is 2.74. The van der Waals surface area contributed by atoms with Gasteiger partial charge in [-0.1, -0.05) is 0 Å². The number of carbonyl (C=O) groups excluding carboxylic acids is 1. The molecule has 0 spiro atoms. The maximum atomic E-state index is 11.0. The molecule has 0 radical (unpaired) electrons. The Morgan fingerprint density at radius 2 is 2.62 bits per heavy atom. The fraction of sp³-hybridized carbons (Fsp3) is 0.500. The van der Waals surface area contributed by atoms with Crippen LogP contribution in [0.15, 0.2) is 12.4 Å². The van der Waals surface area contributed by atoms with Crippen molar-refractivity contribution in [3.8, 4) is 0 Å². The quantitative estimate of drug-likeness (QED) is 0.644. The zero-order valence-corrected chi connectivity index (χ0v) is 7.49. The maximum absolute atomic E-state index is 11.0. The van der Waals surface area contributed by atoms with Gasteiger partial charge in [0.05, 0.1) is 19.7 Å². The predicted molar refractivity (Wildman–Crippen MR) is 47.0 cm³/mol. The summed E-state index contributed by atoms with van der Waals surface area (Å²) in [6.07, 6.45) is 3.70. The van der Waals surface area contributed by atoms with E-state index in [2.05, 4.69) is 14.9 Å². The Bertz CT molecular complexity index is 258. The molecule has 1 heterocycles. The normalized spacial score (nSPS) is 12.5. The Morgan fingerprint density at radius 3 is 3.08 bits per heavy atom. The van der Waals surface area contributed by atoms with E-state index < -0.39 is 0 Å². The summed E-state index contributed by atoms with van der Waals surface area (Å²) >= 11 is 0. The summed E-state index contributed by atoms with van der Waals surface area (Å²) in [5.41, 5.74) is 6.46. The van der Waals surface area contributed by atoms with Gasteiger partial charge in [0.1, 0.15) is 0 Å². The molecule has 5 heteroatoms. The first-order valence-electron chi connectivity index (χ1n) is 4.03. The first kappa shape index (κ1) is 9.73. The van der Waals surface area contributed by atoms with Crippen molar-refractivity contribution in [1.82, 2.24) is 10.2 Å². The number of H-pyrrole nitrogens is 1. The predicted octanol–water partition coefficient (Wildman–Crippen LogP) is 0.0151. The van der Waals surface area contributed by atoms with Crippen LogP contribution >= 0.6 is 0 Å². The smallest absolute Gasteiger partial charge is 0.306 e. The molecule has 3 N–H and O–H groups in total. The van der Waals surface area contributed by atoms with E-state index in [4.69, 9.17) is 5.73 Å². The Labute approximate surface area is 76.3 Å². The molecule has 0 saturated carbocycles. The van der Waals surface area contributed by atoms with Crippen LogP contribution < -0.4 is 5.73 Å². The van der Waals surface area contributed by atoms with E-state index in [1.165, 1.54) is 7.11 Å². The Hall–Kier alpha value is -1.36. The summed E-state index contributed by atoms with van der Waals surface area (Å²) in [6.45, 7) is 0.411. The molecule has 1 atom stereocenters. The molecule has 0 aliphatic carbocycles. The first-order chi connectivity index (χ1) is 6.27. The third kappa shape index (κ3) is 2.55. The summed E-state index contributed by atoms with van der Waals surface area (Å²) in [7, 11) is 1.37. The van der Waals surface area contributed by atoms with Crippen molar-refractivity contribution in [2.24, 2.45) is 5.73 Å². The number of nitrogens with one attached hydrogen (secondary N) is 1. The molecule has 0 bridgehead atoms. The Morgan fingerprint density at radius 1 is 1.85 bits per heavy atom. The lowest BCUT2D eigenvalue weighted by molar-refractivity contribution is -0.141. The molecule has 72 valence electrons. The molecule has 13 heavy (non-hydrogen) atoms. The van der Waals surface area contributed by atoms with Crippen LogP contribution in [-0.2, 0) is 9.53 Å². The highest BCUT2D eigenvalue weighted by Crippen LogP contribution is 2.16. The van der Waals surface area contributed by atoms with E-state index in [0.717, 1.165) is 5.56 Å². The van der Waals surface area contributed by atoms with Gasteiger partial charge in [0.2, 0.25) is 0 Å². The van der Waals surface area contributed by atoms with Crippen molar-refractivity contribution in [3.63, 3.8) is 0 Å². The standard InChI is InChI=1S/C8H13N3O2/c1-13-8(12)2-6(3-9)7-4-10-11-5-7/h4-6H,2-3,9H2,1H3,(H,10,11). The highest BCUT2D eigenvalue weighted by Gasteiger charge is 2.15. The number of nitrogens with zero attached hydrogens (tertiary/aromatic N) is 1. The molecule has 1 aromatic heterocycles. The summed E-state index contributed by atoms with van der Waals surface area (Å²) < 4.78 is 4.56. The molecular formula is C8H13N3O2. The number of nitrogens with two attached hydrogens (primary N) is 1. The lowest BCUT2D eigenvalue weighted by Gasteiger charge is -2.10. The Balaban J connectivity index is 2.58. The molecule has 1 unspecified atom stereocenters. The van der Waals surface area contributed by atoms with Gasteiger partial charge in [0.15, 0.2) is 0 Å². The highest BCUT2D eigenvalue weighted by atomic mass is 16.5. The second kappa shape index (κ2) is 4.61. The third-order valence-corrected chi connectivity index (χ3v) is 1.92. The molecule has 0 amide bonds. The van der Waals surface area contributed by atoms with E-state index in [0.29, 0.717) is 13.0 Å². The van der Waals surface area contributed by atoms with Gasteiger partial charge in [0.25, 0.3) is 0 Å². The maximum Gasteiger partial charge on any atom is 0.306 e. The van der Waals surface area contributed by atoms with Crippen molar-refractivity contribution in [3.05, 3.63) is 18.0 Å². The molecule has 0 aliphatic heterocycles. The van der Waals surface area contributed by atoms with Crippen molar-refractivity contribution in [1.29, 1.82) is 0 Å². The van der Waals surface area contributed by atoms with Crippen LogP contribution in [0.25, 0.3) is 0 Å². The zero-order chi connectivity index (χ0) is 9.68. The first-order valence-corrected chi connectivity index (χ1v) is 4.03. The highest BCUT2D eigenvalue weighted by molar-refractivity contribution is 5.70. The van der Waals surface area contributed by atoms with E-state index >= 15 is 0 Å². The fourth-order valence-corrected chi connectivity index (χ4v) is 1.11. The van der Waals surface area contributed by atoms with Crippen LogP contribution in [0.5, 0.6) is 0 Å². The van der Waals surface area contributed by atoms with Crippen LogP contribution in [0.3, 0.4) is 0 Å². The number of aromatic nitrogens is 2. The number of methoxy groups -OCH3 is 1. The minimum Gasteiger partial charge on any atom is -0.469 e. The van der Waals surface area contributed by atoms with Crippen molar-refractivity contribution >= 4 is 5.97 Å². The monoisotopic (exact) mass is 183 g/mol. The fourth-order valence-electron chi connectivity index (χ4n) is 1.11. The number of rotatable bonds is 4. The van der Waals surface area contributed by atoms with Crippen molar-refractivity contribution in [2.75, 3.05) is 13.7 Å². The summed E-state index contributed by atoms with van der Waals surface area (Å²) in [5.74, 6) is -0.261. The van der Waals surface area contributed by atoms with Gasteiger partial charge in [-0.05, 0) is 12.1 Å². The molecule has 0 fully saturated rings. The van der Waals surface area contributed by atoms with Crippen molar-refractivity contribution < 1.29 is 9.53 Å². The molecule has 1 rings (SSSR count). The van der Waals surface area contributed by atoms with E-state index in [9.17, 15) is 4.79 Å². The van der Waals surface area contributed by atoms with E-state index in [-0.39, 0.29) is 11.9 Å². The SMILES string of the molecule is COC(=O)CC(CN)c1cn[nH]c1. The number of esters is 1. The molecule has 5 nitrogen and oxygen atoms in total. The van der Waals surface area contributed by atoms with Gasteiger partial charge in [-0.15, -0.1) is 0 Å². The minimum atomic E-state index is -0.253. The summed E-state index contributed by atoms with van der Waals surface area (Å²) in [6, 6.07) is 0. The Kier molecular flexibility index (Phi) is 3.45. The van der Waals surface area contributed by atoms with Crippen LogP contribution in [0, 0.1) is 0 Å². The topological polar surface area (TPSA) is 81.0 Å². The molecule has 1 aromatic rings. The lowest BCUT2D eigenvalue weighted by atomic mass is 9.99. The summed E-state index contributed by atoms with van der Waals surface area (Å²) in [5, 5.41) is 6.47. The number of hydrogen-bond donors (Lipinski definition) is 2. The van der Waals surface area contributed by atoms with Gasteiger partial charge >= 0.3 is 5.97 Å². The lowest BCUT2D eigenvalue weighted by Crippen LogP contribution is -2.16. The average molecular weight is 183 g/mol. The van der Waals surface area contributed by atoms with E-state index in [1.807, 2.05) is 0 Å². The number of ether oxygens (including phenoxy) is 1. The van der Waals surface area contributed by atoms with Gasteiger partial charge in [0, 0.05) is 12.1 Å². The second-order valence-electron chi connectivity index (χ2n) is 2.74. The average Bonchev–Trinajstić information content (AvgIpc) is 2.66. The van der Waals surface area contributed by atoms with Crippen LogP contribution in [0.2, 0.25) is 0 Å². The molecule has 0 aliphatic rings. The molecule has 0 saturated heterocycles. The molecular weight excluding hydrogens is 170 g/mol. The van der Waals surface area contributed by atoms with Crippen LogP contribution in [-0.4, -0.2) is 29.8 Å². The van der Waals surface area contributed by atoms with Crippen LogP contribution in [0.1, 0.15) is 17.9 Å². The van der Waals surface area contributed by atoms with Crippen LogP contribution in [0.4, 0.5) is 0 Å². The van der Waals surface area contributed by atoms with Gasteiger partial charge in [-0.3, -0.25) is 9.89 Å². The minimum absolute atomic E-state index is 0.00815. The third-order valence-electron chi connectivity index (χ3n) is 1.92.